The number of hydrogen-bond acceptors (Lipinski definition) is 5. The van der Waals surface area contributed by atoms with Crippen molar-refractivity contribution in [3.63, 3.8) is 0 Å². The van der Waals surface area contributed by atoms with Gasteiger partial charge in [0.25, 0.3) is 11.8 Å². The molecular weight excluding hydrogens is 386 g/mol. The monoisotopic (exact) mass is 409 g/mol. The number of benzene rings is 2. The molecule has 3 rings (SSSR count). The van der Waals surface area contributed by atoms with Gasteiger partial charge in [-0.05, 0) is 31.5 Å². The zero-order valence-corrected chi connectivity index (χ0v) is 17.2. The summed E-state index contributed by atoms with van der Waals surface area (Å²) in [6.45, 7) is 4.17. The number of likely N-dealkylation sites (N-methyl/N-ethyl adjacent to an activating group) is 1. The molecule has 0 saturated carbocycles. The fraction of sp³-hybridized carbons (Fsp3) is 0.227. The van der Waals surface area contributed by atoms with Gasteiger partial charge in [-0.15, -0.1) is 11.3 Å². The van der Waals surface area contributed by atoms with Crippen LogP contribution in [0.4, 0.5) is 5.69 Å². The number of ether oxygens (including phenoxy) is 1. The standard InChI is InChI=1S/C22H23N3O3S/c1-3-23-19(26)14-28-18-11-7-10-17(13-18)25-22(27)21-15(2)24-20(29-21)12-16-8-5-4-6-9-16/h4-11,13H,3,12,14H2,1-2H3,(H,23,26)(H,25,27). The zero-order valence-electron chi connectivity index (χ0n) is 16.4. The Hall–Kier alpha value is -3.19. The average Bonchev–Trinajstić information content (AvgIpc) is 3.08. The number of thiazole rings is 1. The Morgan fingerprint density at radius 2 is 1.90 bits per heavy atom. The summed E-state index contributed by atoms with van der Waals surface area (Å²) in [5, 5.41) is 6.45. The predicted molar refractivity (Wildman–Crippen MR) is 115 cm³/mol. The van der Waals surface area contributed by atoms with Gasteiger partial charge in [0.15, 0.2) is 6.61 Å². The second kappa shape index (κ2) is 9.84. The molecule has 0 spiro atoms. The van der Waals surface area contributed by atoms with E-state index in [0.29, 0.717) is 35.0 Å². The average molecular weight is 410 g/mol. The molecule has 2 N–H and O–H groups in total. The van der Waals surface area contributed by atoms with E-state index in [1.54, 1.807) is 24.3 Å². The molecule has 2 aromatic carbocycles. The van der Waals surface area contributed by atoms with Crippen LogP contribution in [0.5, 0.6) is 5.75 Å². The Kier molecular flexibility index (Phi) is 6.97. The van der Waals surface area contributed by atoms with Crippen LogP contribution in [0.1, 0.15) is 32.9 Å². The number of hydrogen-bond donors (Lipinski definition) is 2. The van der Waals surface area contributed by atoms with Crippen molar-refractivity contribution in [3.8, 4) is 5.75 Å². The first kappa shape index (κ1) is 20.5. The fourth-order valence-electron chi connectivity index (χ4n) is 2.76. The van der Waals surface area contributed by atoms with Gasteiger partial charge in [0.2, 0.25) is 0 Å². The number of aromatic nitrogens is 1. The Bertz CT molecular complexity index is 986. The molecule has 2 amide bonds. The van der Waals surface area contributed by atoms with E-state index in [9.17, 15) is 9.59 Å². The third-order valence-corrected chi connectivity index (χ3v) is 5.24. The lowest BCUT2D eigenvalue weighted by Crippen LogP contribution is -2.28. The molecule has 0 saturated heterocycles. The predicted octanol–water partition coefficient (Wildman–Crippen LogP) is 3.81. The molecule has 0 aliphatic heterocycles. The number of anilines is 1. The van der Waals surface area contributed by atoms with E-state index < -0.39 is 0 Å². The minimum atomic E-state index is -0.208. The van der Waals surface area contributed by atoms with Crippen LogP contribution < -0.4 is 15.4 Å². The summed E-state index contributed by atoms with van der Waals surface area (Å²) in [7, 11) is 0. The van der Waals surface area contributed by atoms with E-state index in [-0.39, 0.29) is 18.4 Å². The Morgan fingerprint density at radius 3 is 2.66 bits per heavy atom. The lowest BCUT2D eigenvalue weighted by Gasteiger charge is -2.09. The minimum Gasteiger partial charge on any atom is -0.484 e. The molecule has 29 heavy (non-hydrogen) atoms. The van der Waals surface area contributed by atoms with Crippen molar-refractivity contribution in [2.75, 3.05) is 18.5 Å². The van der Waals surface area contributed by atoms with Crippen LogP contribution in [0.15, 0.2) is 54.6 Å². The lowest BCUT2D eigenvalue weighted by atomic mass is 10.2. The van der Waals surface area contributed by atoms with Crippen LogP contribution in [0.3, 0.4) is 0 Å². The number of aryl methyl sites for hydroxylation is 1. The number of nitrogens with zero attached hydrogens (tertiary/aromatic N) is 1. The molecule has 0 atom stereocenters. The first-order valence-corrected chi connectivity index (χ1v) is 10.2. The maximum absolute atomic E-state index is 12.7. The minimum absolute atomic E-state index is 0.0674. The molecule has 150 valence electrons. The summed E-state index contributed by atoms with van der Waals surface area (Å²) in [5.41, 5.74) is 2.47. The summed E-state index contributed by atoms with van der Waals surface area (Å²) < 4.78 is 5.47. The number of rotatable bonds is 8. The van der Waals surface area contributed by atoms with Crippen LogP contribution in [0.25, 0.3) is 0 Å². The van der Waals surface area contributed by atoms with E-state index in [1.165, 1.54) is 11.3 Å². The van der Waals surface area contributed by atoms with Crippen molar-refractivity contribution in [2.45, 2.75) is 20.3 Å². The van der Waals surface area contributed by atoms with Gasteiger partial charge >= 0.3 is 0 Å². The van der Waals surface area contributed by atoms with Gasteiger partial charge in [0.1, 0.15) is 10.6 Å². The third kappa shape index (κ3) is 5.89. The Balaban J connectivity index is 1.64. The van der Waals surface area contributed by atoms with Crippen molar-refractivity contribution in [3.05, 3.63) is 75.7 Å². The van der Waals surface area contributed by atoms with E-state index >= 15 is 0 Å². The van der Waals surface area contributed by atoms with E-state index in [1.807, 2.05) is 44.2 Å². The van der Waals surface area contributed by atoms with Crippen LogP contribution in [-0.4, -0.2) is 29.9 Å². The van der Waals surface area contributed by atoms with Crippen molar-refractivity contribution >= 4 is 28.8 Å². The summed E-state index contributed by atoms with van der Waals surface area (Å²) in [4.78, 5) is 29.4. The van der Waals surface area contributed by atoms with Crippen molar-refractivity contribution in [1.82, 2.24) is 10.3 Å². The SMILES string of the molecule is CCNC(=O)COc1cccc(NC(=O)c2sc(Cc3ccccc3)nc2C)c1. The number of carbonyl (C=O) groups is 2. The quantitative estimate of drug-likeness (QED) is 0.593. The van der Waals surface area contributed by atoms with Gasteiger partial charge in [-0.3, -0.25) is 9.59 Å². The van der Waals surface area contributed by atoms with E-state index in [0.717, 1.165) is 10.6 Å². The smallest absolute Gasteiger partial charge is 0.267 e. The molecule has 1 aromatic heterocycles. The molecule has 1 heterocycles. The summed E-state index contributed by atoms with van der Waals surface area (Å²) in [5.74, 6) is 0.119. The molecule has 0 fully saturated rings. The van der Waals surface area contributed by atoms with Gasteiger partial charge in [-0.2, -0.15) is 0 Å². The van der Waals surface area contributed by atoms with Gasteiger partial charge in [-0.1, -0.05) is 36.4 Å². The van der Waals surface area contributed by atoms with Crippen molar-refractivity contribution in [2.24, 2.45) is 0 Å². The topological polar surface area (TPSA) is 80.3 Å². The second-order valence-electron chi connectivity index (χ2n) is 6.41. The maximum atomic E-state index is 12.7. The van der Waals surface area contributed by atoms with Gasteiger partial charge in [-0.25, -0.2) is 4.98 Å². The molecule has 0 bridgehead atoms. The third-order valence-electron chi connectivity index (χ3n) is 4.08. The molecule has 3 aromatic rings. The van der Waals surface area contributed by atoms with Gasteiger partial charge in [0, 0.05) is 24.7 Å². The van der Waals surface area contributed by atoms with Crippen LogP contribution in [0.2, 0.25) is 0 Å². The summed E-state index contributed by atoms with van der Waals surface area (Å²) >= 11 is 1.40. The van der Waals surface area contributed by atoms with E-state index in [2.05, 4.69) is 15.6 Å². The highest BCUT2D eigenvalue weighted by molar-refractivity contribution is 7.14. The maximum Gasteiger partial charge on any atom is 0.267 e. The fourth-order valence-corrected chi connectivity index (χ4v) is 3.75. The Labute approximate surface area is 173 Å². The highest BCUT2D eigenvalue weighted by atomic mass is 32.1. The van der Waals surface area contributed by atoms with Crippen molar-refractivity contribution in [1.29, 1.82) is 0 Å². The zero-order chi connectivity index (χ0) is 20.6. The van der Waals surface area contributed by atoms with Gasteiger partial charge in [0.05, 0.1) is 10.7 Å². The molecule has 0 unspecified atom stereocenters. The van der Waals surface area contributed by atoms with E-state index in [4.69, 9.17) is 4.74 Å². The van der Waals surface area contributed by atoms with Crippen LogP contribution in [0, 0.1) is 6.92 Å². The molecule has 0 aliphatic rings. The summed E-state index contributed by atoms with van der Waals surface area (Å²) in [6.07, 6.45) is 0.697. The molecule has 0 aliphatic carbocycles. The molecule has 0 radical (unpaired) electrons. The first-order valence-electron chi connectivity index (χ1n) is 9.36. The second-order valence-corrected chi connectivity index (χ2v) is 7.49. The largest absolute Gasteiger partial charge is 0.484 e. The number of nitrogens with one attached hydrogen (secondary N) is 2. The first-order chi connectivity index (χ1) is 14.0. The molecule has 7 heteroatoms. The Morgan fingerprint density at radius 1 is 1.10 bits per heavy atom. The molecule has 6 nitrogen and oxygen atoms in total. The van der Waals surface area contributed by atoms with Gasteiger partial charge < -0.3 is 15.4 Å². The highest BCUT2D eigenvalue weighted by Gasteiger charge is 2.16. The number of amides is 2. The summed E-state index contributed by atoms with van der Waals surface area (Å²) in [6, 6.07) is 17.0. The molecular formula is C22H23N3O3S. The number of carbonyl (C=O) groups excluding carboxylic acids is 2. The van der Waals surface area contributed by atoms with Crippen LogP contribution >= 0.6 is 11.3 Å². The lowest BCUT2D eigenvalue weighted by molar-refractivity contribution is -0.122. The normalized spacial score (nSPS) is 10.4. The van der Waals surface area contributed by atoms with Crippen LogP contribution in [-0.2, 0) is 11.2 Å². The van der Waals surface area contributed by atoms with Crippen molar-refractivity contribution < 1.29 is 14.3 Å². The highest BCUT2D eigenvalue weighted by Crippen LogP contribution is 2.23.